The van der Waals surface area contributed by atoms with Gasteiger partial charge in [-0.1, -0.05) is 6.07 Å². The summed E-state index contributed by atoms with van der Waals surface area (Å²) in [7, 11) is 0. The van der Waals surface area contributed by atoms with Crippen molar-refractivity contribution in [1.29, 1.82) is 0 Å². The zero-order valence-electron chi connectivity index (χ0n) is 8.65. The van der Waals surface area contributed by atoms with Gasteiger partial charge in [0.25, 0.3) is 5.69 Å². The first-order valence-corrected chi connectivity index (χ1v) is 5.51. The molecular weight excluding hydrogens is 240 g/mol. The summed E-state index contributed by atoms with van der Waals surface area (Å²) in [5.74, 6) is 0.642. The van der Waals surface area contributed by atoms with Crippen LogP contribution in [0.2, 0.25) is 0 Å². The second kappa shape index (κ2) is 5.31. The fourth-order valence-corrected chi connectivity index (χ4v) is 1.75. The van der Waals surface area contributed by atoms with E-state index in [9.17, 15) is 10.1 Å². The number of hydrogen-bond acceptors (Lipinski definition) is 5. The average molecular weight is 248 g/mol. The summed E-state index contributed by atoms with van der Waals surface area (Å²) in [4.78, 5) is 10.8. The molecule has 1 heterocycles. The van der Waals surface area contributed by atoms with Crippen LogP contribution in [0.15, 0.2) is 56.4 Å². The fourth-order valence-electron chi connectivity index (χ4n) is 1.16. The molecule has 0 aliphatic rings. The van der Waals surface area contributed by atoms with Crippen molar-refractivity contribution in [3.63, 3.8) is 0 Å². The minimum absolute atomic E-state index is 0.0585. The Morgan fingerprint density at radius 2 is 2.24 bits per heavy atom. The lowest BCUT2D eigenvalue weighted by Crippen LogP contribution is -1.86. The van der Waals surface area contributed by atoms with Crippen LogP contribution in [0.1, 0.15) is 5.76 Å². The van der Waals surface area contributed by atoms with E-state index in [1.165, 1.54) is 12.1 Å². The van der Waals surface area contributed by atoms with Crippen molar-refractivity contribution in [2.24, 2.45) is 4.40 Å². The zero-order chi connectivity index (χ0) is 12.1. The van der Waals surface area contributed by atoms with Crippen molar-refractivity contribution in [2.75, 3.05) is 0 Å². The molecule has 0 atom stereocenters. The molecule has 2 aromatic rings. The van der Waals surface area contributed by atoms with E-state index < -0.39 is 4.92 Å². The van der Waals surface area contributed by atoms with Crippen molar-refractivity contribution < 1.29 is 9.34 Å². The van der Waals surface area contributed by atoms with Crippen LogP contribution in [0.4, 0.5) is 5.69 Å². The van der Waals surface area contributed by atoms with Crippen molar-refractivity contribution in [3.05, 3.63) is 58.5 Å². The molecule has 0 radical (unpaired) electrons. The third-order valence-corrected chi connectivity index (χ3v) is 2.59. The number of benzene rings is 1. The lowest BCUT2D eigenvalue weighted by Gasteiger charge is -1.94. The molecule has 0 saturated heterocycles. The van der Waals surface area contributed by atoms with Crippen LogP contribution in [-0.2, 0) is 0 Å². The van der Waals surface area contributed by atoms with Crippen molar-refractivity contribution in [1.82, 2.24) is 0 Å². The Hall–Kier alpha value is -2.08. The van der Waals surface area contributed by atoms with Crippen LogP contribution < -0.4 is 0 Å². The van der Waals surface area contributed by atoms with E-state index in [1.807, 2.05) is 0 Å². The van der Waals surface area contributed by atoms with Crippen LogP contribution in [0, 0.1) is 10.1 Å². The predicted molar refractivity (Wildman–Crippen MR) is 65.3 cm³/mol. The molecule has 2 rings (SSSR count). The standard InChI is InChI=1S/C11H8N2O3S/c14-13(15)9-3-1-5-11(7-9)17-12-8-10-4-2-6-16-10/h1-8H/b12-8+. The minimum Gasteiger partial charge on any atom is -0.463 e. The molecule has 0 bridgehead atoms. The average Bonchev–Trinajstić information content (AvgIpc) is 2.82. The van der Waals surface area contributed by atoms with Gasteiger partial charge in [-0.3, -0.25) is 10.1 Å². The summed E-state index contributed by atoms with van der Waals surface area (Å²) in [6.07, 6.45) is 3.11. The first kappa shape index (κ1) is 11.4. The molecule has 0 aliphatic carbocycles. The van der Waals surface area contributed by atoms with Gasteiger partial charge >= 0.3 is 0 Å². The van der Waals surface area contributed by atoms with E-state index in [0.29, 0.717) is 10.7 Å². The molecule has 5 nitrogen and oxygen atoms in total. The summed E-state index contributed by atoms with van der Waals surface area (Å²) >= 11 is 1.16. The molecule has 86 valence electrons. The van der Waals surface area contributed by atoms with E-state index in [2.05, 4.69) is 4.40 Å². The number of nitrogens with zero attached hydrogens (tertiary/aromatic N) is 2. The van der Waals surface area contributed by atoms with Gasteiger partial charge in [0.1, 0.15) is 5.76 Å². The second-order valence-electron chi connectivity index (χ2n) is 3.10. The van der Waals surface area contributed by atoms with Gasteiger partial charge in [0.2, 0.25) is 0 Å². The molecule has 0 N–H and O–H groups in total. The van der Waals surface area contributed by atoms with Gasteiger partial charge in [-0.15, -0.1) is 0 Å². The quantitative estimate of drug-likeness (QED) is 0.360. The highest BCUT2D eigenvalue weighted by atomic mass is 32.2. The topological polar surface area (TPSA) is 68.6 Å². The van der Waals surface area contributed by atoms with Crippen LogP contribution >= 0.6 is 11.9 Å². The maximum absolute atomic E-state index is 10.6. The molecule has 0 aliphatic heterocycles. The summed E-state index contributed by atoms with van der Waals surface area (Å²) < 4.78 is 9.12. The Morgan fingerprint density at radius 1 is 1.35 bits per heavy atom. The van der Waals surface area contributed by atoms with Gasteiger partial charge in [0.15, 0.2) is 0 Å². The van der Waals surface area contributed by atoms with Crippen LogP contribution in [0.3, 0.4) is 0 Å². The van der Waals surface area contributed by atoms with Crippen LogP contribution in [0.5, 0.6) is 0 Å². The molecule has 0 fully saturated rings. The number of non-ortho nitro benzene ring substituents is 1. The second-order valence-corrected chi connectivity index (χ2v) is 3.96. The zero-order valence-corrected chi connectivity index (χ0v) is 9.46. The maximum Gasteiger partial charge on any atom is 0.270 e. The Bertz CT molecular complexity index is 537. The van der Waals surface area contributed by atoms with Gasteiger partial charge in [0, 0.05) is 29.0 Å². The molecule has 0 spiro atoms. The first-order valence-electron chi connectivity index (χ1n) is 4.74. The lowest BCUT2D eigenvalue weighted by molar-refractivity contribution is -0.385. The Labute approximate surface area is 101 Å². The smallest absolute Gasteiger partial charge is 0.270 e. The van der Waals surface area contributed by atoms with E-state index >= 15 is 0 Å². The molecule has 0 amide bonds. The number of hydrogen-bond donors (Lipinski definition) is 0. The minimum atomic E-state index is -0.430. The van der Waals surface area contributed by atoms with Crippen molar-refractivity contribution in [2.45, 2.75) is 4.90 Å². The SMILES string of the molecule is O=[N+]([O-])c1cccc(S/N=C/c2ccco2)c1. The van der Waals surface area contributed by atoms with Crippen LogP contribution in [0.25, 0.3) is 0 Å². The van der Waals surface area contributed by atoms with E-state index in [4.69, 9.17) is 4.42 Å². The highest BCUT2D eigenvalue weighted by molar-refractivity contribution is 7.98. The largest absolute Gasteiger partial charge is 0.463 e. The van der Waals surface area contributed by atoms with E-state index in [1.54, 1.807) is 36.7 Å². The van der Waals surface area contributed by atoms with Crippen molar-refractivity contribution in [3.8, 4) is 0 Å². The third-order valence-electron chi connectivity index (χ3n) is 1.91. The molecule has 0 saturated carbocycles. The maximum atomic E-state index is 10.6. The first-order chi connectivity index (χ1) is 8.25. The molecule has 1 aromatic heterocycles. The number of furan rings is 1. The van der Waals surface area contributed by atoms with Crippen LogP contribution in [-0.4, -0.2) is 11.1 Å². The summed E-state index contributed by atoms with van der Waals surface area (Å²) in [6.45, 7) is 0. The summed E-state index contributed by atoms with van der Waals surface area (Å²) in [5, 5.41) is 10.6. The predicted octanol–water partition coefficient (Wildman–Crippen LogP) is 3.31. The highest BCUT2D eigenvalue weighted by Crippen LogP contribution is 2.23. The fraction of sp³-hybridized carbons (Fsp3) is 0. The number of nitro benzene ring substituents is 1. The van der Waals surface area contributed by atoms with Gasteiger partial charge < -0.3 is 4.42 Å². The monoisotopic (exact) mass is 248 g/mol. The van der Waals surface area contributed by atoms with Crippen molar-refractivity contribution >= 4 is 23.8 Å². The number of rotatable bonds is 4. The Morgan fingerprint density at radius 3 is 2.94 bits per heavy atom. The van der Waals surface area contributed by atoms with E-state index in [0.717, 1.165) is 11.9 Å². The molecule has 0 unspecified atom stereocenters. The van der Waals surface area contributed by atoms with Gasteiger partial charge in [-0.25, -0.2) is 4.40 Å². The van der Waals surface area contributed by atoms with Gasteiger partial charge in [-0.05, 0) is 18.2 Å². The molecule has 6 heteroatoms. The summed E-state index contributed by atoms with van der Waals surface area (Å²) in [5.41, 5.74) is 0.0585. The normalized spacial score (nSPS) is 10.8. The molecular formula is C11H8N2O3S. The third kappa shape index (κ3) is 3.18. The molecule has 17 heavy (non-hydrogen) atoms. The summed E-state index contributed by atoms with van der Waals surface area (Å²) in [6, 6.07) is 9.85. The Balaban J connectivity index is 2.04. The van der Waals surface area contributed by atoms with Gasteiger partial charge in [0.05, 0.1) is 17.4 Å². The molecule has 1 aromatic carbocycles. The Kier molecular flexibility index (Phi) is 3.56. The highest BCUT2D eigenvalue weighted by Gasteiger charge is 2.05. The van der Waals surface area contributed by atoms with Gasteiger partial charge in [-0.2, -0.15) is 0 Å². The number of nitro groups is 1. The van der Waals surface area contributed by atoms with E-state index in [-0.39, 0.29) is 5.69 Å². The lowest BCUT2D eigenvalue weighted by atomic mass is 10.3.